The predicted molar refractivity (Wildman–Crippen MR) is 124 cm³/mol. The van der Waals surface area contributed by atoms with Crippen molar-refractivity contribution < 1.29 is 0 Å². The van der Waals surface area contributed by atoms with Crippen molar-refractivity contribution in [2.75, 3.05) is 6.54 Å². The fourth-order valence-corrected chi connectivity index (χ4v) is 3.74. The third-order valence-electron chi connectivity index (χ3n) is 5.15. The number of nitrogens with two attached hydrogens (primary N) is 3. The molecule has 0 aliphatic carbocycles. The van der Waals surface area contributed by atoms with E-state index < -0.39 is 0 Å². The Bertz CT molecular complexity index is 1050. The lowest BCUT2D eigenvalue weighted by Crippen LogP contribution is -2.29. The molecule has 7 N–H and O–H groups in total. The molecule has 0 spiro atoms. The average Bonchev–Trinajstić information content (AvgIpc) is 2.77. The largest absolute Gasteiger partial charge is 0.398 e. The average molecular weight is 387 g/mol. The van der Waals surface area contributed by atoms with Gasteiger partial charge in [-0.3, -0.25) is 0 Å². The second kappa shape index (κ2) is 9.30. The minimum atomic E-state index is 0.244. The van der Waals surface area contributed by atoms with Crippen LogP contribution in [0, 0.1) is 0 Å². The maximum atomic E-state index is 6.17. The van der Waals surface area contributed by atoms with E-state index in [1.54, 1.807) is 12.2 Å². The van der Waals surface area contributed by atoms with Gasteiger partial charge in [0.25, 0.3) is 0 Å². The number of allylic oxidation sites excluding steroid dienone is 2. The summed E-state index contributed by atoms with van der Waals surface area (Å²) >= 11 is 0. The zero-order valence-corrected chi connectivity index (χ0v) is 17.2. The van der Waals surface area contributed by atoms with Crippen molar-refractivity contribution in [3.8, 4) is 0 Å². The van der Waals surface area contributed by atoms with Crippen LogP contribution >= 0.6 is 0 Å². The number of rotatable bonds is 3. The summed E-state index contributed by atoms with van der Waals surface area (Å²) in [6, 6.07) is 21.6. The first-order valence-electron chi connectivity index (χ1n) is 10.1. The van der Waals surface area contributed by atoms with Gasteiger partial charge in [0.1, 0.15) is 0 Å². The molecular formula is C25H30N4. The minimum Gasteiger partial charge on any atom is -0.398 e. The van der Waals surface area contributed by atoms with Gasteiger partial charge in [-0.15, -0.1) is 0 Å². The lowest BCUT2D eigenvalue weighted by Gasteiger charge is -2.27. The van der Waals surface area contributed by atoms with Crippen LogP contribution in [0.4, 0.5) is 0 Å². The van der Waals surface area contributed by atoms with Crippen LogP contribution in [0.25, 0.3) is 16.5 Å². The second-order valence-corrected chi connectivity index (χ2v) is 6.99. The molecule has 0 aromatic heterocycles. The smallest absolute Gasteiger partial charge is 0.0934 e. The SMILES string of the molecule is CC.NC(N)=C/C=C(\N)c1ccc2c(c1)CNC[C@H]2c1ccc2ccccc2c1. The molecule has 4 heteroatoms. The van der Waals surface area contributed by atoms with Crippen molar-refractivity contribution in [3.05, 3.63) is 101 Å². The number of benzene rings is 3. The summed E-state index contributed by atoms with van der Waals surface area (Å²) < 4.78 is 0. The second-order valence-electron chi connectivity index (χ2n) is 6.99. The normalized spacial score (nSPS) is 15.8. The van der Waals surface area contributed by atoms with Crippen molar-refractivity contribution in [1.82, 2.24) is 5.32 Å². The first kappa shape index (κ1) is 20.5. The van der Waals surface area contributed by atoms with Crippen LogP contribution < -0.4 is 22.5 Å². The van der Waals surface area contributed by atoms with Crippen LogP contribution in [0.5, 0.6) is 0 Å². The molecule has 1 atom stereocenters. The fraction of sp³-hybridized carbons (Fsp3) is 0.200. The van der Waals surface area contributed by atoms with Crippen LogP contribution in [0.3, 0.4) is 0 Å². The Hall–Kier alpha value is -3.24. The van der Waals surface area contributed by atoms with E-state index in [1.165, 1.54) is 27.5 Å². The Morgan fingerprint density at radius 1 is 0.897 bits per heavy atom. The maximum Gasteiger partial charge on any atom is 0.0934 e. The van der Waals surface area contributed by atoms with E-state index in [9.17, 15) is 0 Å². The van der Waals surface area contributed by atoms with Crippen molar-refractivity contribution in [2.24, 2.45) is 17.2 Å². The molecule has 0 saturated carbocycles. The molecule has 0 fully saturated rings. The molecular weight excluding hydrogens is 356 g/mol. The van der Waals surface area contributed by atoms with Gasteiger partial charge in [0.05, 0.1) is 5.82 Å². The van der Waals surface area contributed by atoms with Crippen molar-refractivity contribution in [2.45, 2.75) is 26.3 Å². The summed E-state index contributed by atoms with van der Waals surface area (Å²) in [7, 11) is 0. The molecule has 1 aliphatic heterocycles. The lowest BCUT2D eigenvalue weighted by molar-refractivity contribution is 0.591. The molecule has 4 rings (SSSR count). The first-order valence-corrected chi connectivity index (χ1v) is 10.1. The van der Waals surface area contributed by atoms with Gasteiger partial charge in [0.15, 0.2) is 0 Å². The summed E-state index contributed by atoms with van der Waals surface area (Å²) in [4.78, 5) is 0. The molecule has 0 amide bonds. The standard InChI is InChI=1S/C23H24N4.C2H6/c24-22(9-10-23(25)26)18-7-8-20-19(12-18)13-27-14-21(20)17-6-5-15-3-1-2-4-16(15)11-17;1-2/h1-12,21,27H,13-14,24-26H2;1-2H3/b22-9-;/t21-;/m0./s1. The zero-order chi connectivity index (χ0) is 20.8. The third kappa shape index (κ3) is 4.61. The molecule has 3 aromatic carbocycles. The van der Waals surface area contributed by atoms with E-state index in [-0.39, 0.29) is 5.82 Å². The number of hydrogen-bond donors (Lipinski definition) is 4. The van der Waals surface area contributed by atoms with Crippen LogP contribution in [0.15, 0.2) is 78.6 Å². The summed E-state index contributed by atoms with van der Waals surface area (Å²) in [6.07, 6.45) is 3.36. The van der Waals surface area contributed by atoms with Gasteiger partial charge in [-0.25, -0.2) is 0 Å². The summed E-state index contributed by atoms with van der Waals surface area (Å²) in [5.41, 5.74) is 22.7. The Kier molecular flexibility index (Phi) is 6.57. The fourth-order valence-electron chi connectivity index (χ4n) is 3.74. The highest BCUT2D eigenvalue weighted by Crippen LogP contribution is 2.33. The molecule has 0 bridgehead atoms. The van der Waals surface area contributed by atoms with Gasteiger partial charge < -0.3 is 22.5 Å². The molecule has 0 unspecified atom stereocenters. The van der Waals surface area contributed by atoms with Crippen molar-refractivity contribution in [3.63, 3.8) is 0 Å². The van der Waals surface area contributed by atoms with E-state index in [1.807, 2.05) is 13.8 Å². The summed E-state index contributed by atoms with van der Waals surface area (Å²) in [5.74, 6) is 0.575. The highest BCUT2D eigenvalue weighted by molar-refractivity contribution is 5.83. The van der Waals surface area contributed by atoms with Crippen LogP contribution in [-0.4, -0.2) is 6.54 Å². The molecule has 0 radical (unpaired) electrons. The topological polar surface area (TPSA) is 90.1 Å². The van der Waals surface area contributed by atoms with E-state index in [0.29, 0.717) is 11.6 Å². The Morgan fingerprint density at radius 3 is 2.41 bits per heavy atom. The van der Waals surface area contributed by atoms with Gasteiger partial charge in [-0.1, -0.05) is 68.4 Å². The lowest BCUT2D eigenvalue weighted by atomic mass is 9.84. The first-order chi connectivity index (χ1) is 14.1. The minimum absolute atomic E-state index is 0.244. The molecule has 4 nitrogen and oxygen atoms in total. The van der Waals surface area contributed by atoms with E-state index in [2.05, 4.69) is 66.0 Å². The van der Waals surface area contributed by atoms with Gasteiger partial charge in [-0.05, 0) is 51.2 Å². The van der Waals surface area contributed by atoms with Crippen LogP contribution in [-0.2, 0) is 6.54 Å². The molecule has 150 valence electrons. The van der Waals surface area contributed by atoms with Gasteiger partial charge in [0, 0.05) is 24.7 Å². The highest BCUT2D eigenvalue weighted by atomic mass is 14.9. The Balaban J connectivity index is 0.00000117. The van der Waals surface area contributed by atoms with Crippen molar-refractivity contribution in [1.29, 1.82) is 0 Å². The summed E-state index contributed by atoms with van der Waals surface area (Å²) in [6.45, 7) is 5.78. The summed E-state index contributed by atoms with van der Waals surface area (Å²) in [5, 5.41) is 6.09. The predicted octanol–water partition coefficient (Wildman–Crippen LogP) is 4.16. The third-order valence-corrected chi connectivity index (χ3v) is 5.15. The van der Waals surface area contributed by atoms with Crippen LogP contribution in [0.1, 0.15) is 42.0 Å². The molecule has 1 aliphatic rings. The van der Waals surface area contributed by atoms with Crippen LogP contribution in [0.2, 0.25) is 0 Å². The zero-order valence-electron chi connectivity index (χ0n) is 17.2. The Labute approximate surface area is 173 Å². The molecule has 1 heterocycles. The Morgan fingerprint density at radius 2 is 1.66 bits per heavy atom. The van der Waals surface area contributed by atoms with E-state index >= 15 is 0 Å². The monoisotopic (exact) mass is 386 g/mol. The van der Waals surface area contributed by atoms with Gasteiger partial charge >= 0.3 is 0 Å². The maximum absolute atomic E-state index is 6.17. The highest BCUT2D eigenvalue weighted by Gasteiger charge is 2.22. The molecule has 29 heavy (non-hydrogen) atoms. The molecule has 0 saturated heterocycles. The molecule has 3 aromatic rings. The van der Waals surface area contributed by atoms with Crippen molar-refractivity contribution >= 4 is 16.5 Å². The van der Waals surface area contributed by atoms with Gasteiger partial charge in [0.2, 0.25) is 0 Å². The quantitative estimate of drug-likeness (QED) is 0.509. The number of fused-ring (bicyclic) bond motifs is 2. The number of nitrogens with one attached hydrogen (secondary N) is 1. The van der Waals surface area contributed by atoms with E-state index in [4.69, 9.17) is 17.2 Å². The van der Waals surface area contributed by atoms with Gasteiger partial charge in [-0.2, -0.15) is 0 Å². The van der Waals surface area contributed by atoms with E-state index in [0.717, 1.165) is 18.7 Å². The number of hydrogen-bond acceptors (Lipinski definition) is 4.